The van der Waals surface area contributed by atoms with Crippen molar-refractivity contribution < 1.29 is 19.1 Å². The molecule has 4 atom stereocenters. The van der Waals surface area contributed by atoms with Gasteiger partial charge in [0.25, 0.3) is 0 Å². The molecule has 0 aromatic carbocycles. The van der Waals surface area contributed by atoms with Crippen LogP contribution in [-0.4, -0.2) is 85.5 Å². The lowest BCUT2D eigenvalue weighted by molar-refractivity contribution is -0.153. The maximum atomic E-state index is 13.7. The van der Waals surface area contributed by atoms with Gasteiger partial charge in [0.15, 0.2) is 0 Å². The molecule has 1 spiro atoms. The second kappa shape index (κ2) is 10.8. The lowest BCUT2D eigenvalue weighted by atomic mass is 9.70. The summed E-state index contributed by atoms with van der Waals surface area (Å²) in [6.07, 6.45) is 9.95. The van der Waals surface area contributed by atoms with E-state index in [9.17, 15) is 14.4 Å². The number of carbonyl (C=O) groups is 3. The van der Waals surface area contributed by atoms with Crippen molar-refractivity contribution in [3.63, 3.8) is 0 Å². The van der Waals surface area contributed by atoms with E-state index in [1.54, 1.807) is 0 Å². The van der Waals surface area contributed by atoms with E-state index in [4.69, 9.17) is 4.74 Å². The molecule has 0 bridgehead atoms. The van der Waals surface area contributed by atoms with Crippen molar-refractivity contribution in [2.45, 2.75) is 90.7 Å². The normalized spacial score (nSPS) is 30.5. The number of hydrogen-bond donors (Lipinski definition) is 2. The summed E-state index contributed by atoms with van der Waals surface area (Å²) in [7, 11) is 0. The Kier molecular flexibility index (Phi) is 7.88. The summed E-state index contributed by atoms with van der Waals surface area (Å²) in [5.41, 5.74) is -0.121. The molecule has 3 amide bonds. The van der Waals surface area contributed by atoms with E-state index in [1.165, 1.54) is 32.1 Å². The number of carbonyl (C=O) groups excluding carboxylic acids is 3. The summed E-state index contributed by atoms with van der Waals surface area (Å²) in [6.45, 7) is 11.0. The summed E-state index contributed by atoms with van der Waals surface area (Å²) >= 11 is 0. The van der Waals surface area contributed by atoms with Gasteiger partial charge >= 0.3 is 0 Å². The minimum atomic E-state index is -0.670. The van der Waals surface area contributed by atoms with E-state index in [-0.39, 0.29) is 46.5 Å². The fraction of sp³-hybridized carbons (Fsp3) is 0.897. The molecule has 37 heavy (non-hydrogen) atoms. The molecular weight excluding hydrogens is 468 g/mol. The smallest absolute Gasteiger partial charge is 0.247 e. The van der Waals surface area contributed by atoms with Crippen LogP contribution in [-0.2, 0) is 19.1 Å². The van der Waals surface area contributed by atoms with Crippen molar-refractivity contribution in [3.05, 3.63) is 0 Å². The Morgan fingerprint density at radius 1 is 0.973 bits per heavy atom. The Hall–Kier alpha value is -1.67. The summed E-state index contributed by atoms with van der Waals surface area (Å²) < 4.78 is 6.28. The highest BCUT2D eigenvalue weighted by atomic mass is 16.5. The maximum Gasteiger partial charge on any atom is 0.247 e. The minimum Gasteiger partial charge on any atom is -0.376 e. The van der Waals surface area contributed by atoms with E-state index in [1.807, 2.05) is 16.7 Å². The van der Waals surface area contributed by atoms with Crippen LogP contribution in [0.3, 0.4) is 0 Å². The zero-order chi connectivity index (χ0) is 26.2. The molecule has 5 fully saturated rings. The number of amides is 3. The SMILES string of the molecule is C[C@@H](OCC1CCCCC1)[C@H](NC(=O)[C@@H]1CNCC12CN(C(=O)[C@H]1CC1(C)C)C2)C(=O)N1CCCCC1. The molecular formula is C29H48N4O4. The van der Waals surface area contributed by atoms with Crippen LogP contribution in [0.5, 0.6) is 0 Å². The van der Waals surface area contributed by atoms with Gasteiger partial charge in [-0.05, 0) is 56.8 Å². The zero-order valence-corrected chi connectivity index (χ0v) is 23.2. The molecule has 3 aliphatic heterocycles. The predicted molar refractivity (Wildman–Crippen MR) is 142 cm³/mol. The largest absolute Gasteiger partial charge is 0.376 e. The van der Waals surface area contributed by atoms with Crippen molar-refractivity contribution in [2.24, 2.45) is 28.6 Å². The fourth-order valence-corrected chi connectivity index (χ4v) is 7.17. The van der Waals surface area contributed by atoms with Crippen molar-refractivity contribution >= 4 is 17.7 Å². The fourth-order valence-electron chi connectivity index (χ4n) is 7.17. The molecule has 5 aliphatic rings. The Morgan fingerprint density at radius 3 is 2.27 bits per heavy atom. The van der Waals surface area contributed by atoms with Gasteiger partial charge in [-0.25, -0.2) is 0 Å². The molecule has 2 aliphatic carbocycles. The van der Waals surface area contributed by atoms with Crippen LogP contribution in [0.2, 0.25) is 0 Å². The van der Waals surface area contributed by atoms with Crippen molar-refractivity contribution in [1.29, 1.82) is 0 Å². The Labute approximate surface area is 222 Å². The van der Waals surface area contributed by atoms with Crippen LogP contribution in [0.25, 0.3) is 0 Å². The number of likely N-dealkylation sites (tertiary alicyclic amines) is 2. The van der Waals surface area contributed by atoms with E-state index in [0.717, 1.165) is 45.3 Å². The number of rotatable bonds is 8. The van der Waals surface area contributed by atoms with Gasteiger partial charge in [-0.3, -0.25) is 14.4 Å². The number of ether oxygens (including phenoxy) is 1. The van der Waals surface area contributed by atoms with Crippen LogP contribution < -0.4 is 10.6 Å². The first kappa shape index (κ1) is 26.9. The third-order valence-electron chi connectivity index (χ3n) is 10.0. The third-order valence-corrected chi connectivity index (χ3v) is 10.0. The van der Waals surface area contributed by atoms with E-state index < -0.39 is 6.04 Å². The second-order valence-corrected chi connectivity index (χ2v) is 13.4. The van der Waals surface area contributed by atoms with Crippen LogP contribution in [0.15, 0.2) is 0 Å². The van der Waals surface area contributed by atoms with Gasteiger partial charge in [-0.2, -0.15) is 0 Å². The average molecular weight is 517 g/mol. The lowest BCUT2D eigenvalue weighted by Gasteiger charge is -2.50. The lowest BCUT2D eigenvalue weighted by Crippen LogP contribution is -2.65. The number of piperidine rings is 1. The molecule has 3 heterocycles. The van der Waals surface area contributed by atoms with Crippen LogP contribution in [0, 0.1) is 28.6 Å². The number of hydrogen-bond acceptors (Lipinski definition) is 5. The van der Waals surface area contributed by atoms with Gasteiger partial charge < -0.3 is 25.2 Å². The molecule has 5 rings (SSSR count). The molecule has 208 valence electrons. The molecule has 3 saturated heterocycles. The van der Waals surface area contributed by atoms with Gasteiger partial charge in [0, 0.05) is 57.2 Å². The summed E-state index contributed by atoms with van der Waals surface area (Å²) in [5.74, 6) is 0.587. The van der Waals surface area contributed by atoms with Gasteiger partial charge in [0.05, 0.1) is 12.0 Å². The van der Waals surface area contributed by atoms with E-state index >= 15 is 0 Å². The maximum absolute atomic E-state index is 13.7. The molecule has 0 unspecified atom stereocenters. The Balaban J connectivity index is 1.22. The average Bonchev–Trinajstić information content (AvgIpc) is 3.31. The number of nitrogens with one attached hydrogen (secondary N) is 2. The van der Waals surface area contributed by atoms with Crippen molar-refractivity contribution in [2.75, 3.05) is 45.9 Å². The Morgan fingerprint density at radius 2 is 1.62 bits per heavy atom. The van der Waals surface area contributed by atoms with Crippen molar-refractivity contribution in [1.82, 2.24) is 20.4 Å². The van der Waals surface area contributed by atoms with Gasteiger partial charge in [0.2, 0.25) is 17.7 Å². The predicted octanol–water partition coefficient (Wildman–Crippen LogP) is 2.56. The molecule has 0 aromatic heterocycles. The highest BCUT2D eigenvalue weighted by Crippen LogP contribution is 2.54. The van der Waals surface area contributed by atoms with Crippen LogP contribution in [0.1, 0.15) is 78.6 Å². The van der Waals surface area contributed by atoms with Crippen LogP contribution >= 0.6 is 0 Å². The third kappa shape index (κ3) is 5.70. The first-order valence-corrected chi connectivity index (χ1v) is 14.9. The summed E-state index contributed by atoms with van der Waals surface area (Å²) in [5, 5.41) is 6.57. The van der Waals surface area contributed by atoms with Gasteiger partial charge in [-0.15, -0.1) is 0 Å². The highest BCUT2D eigenvalue weighted by Gasteiger charge is 2.60. The van der Waals surface area contributed by atoms with Crippen molar-refractivity contribution in [3.8, 4) is 0 Å². The monoisotopic (exact) mass is 516 g/mol. The van der Waals surface area contributed by atoms with E-state index in [2.05, 4.69) is 24.5 Å². The molecule has 0 radical (unpaired) electrons. The quantitative estimate of drug-likeness (QED) is 0.518. The summed E-state index contributed by atoms with van der Waals surface area (Å²) in [6, 6.07) is -0.670. The summed E-state index contributed by atoms with van der Waals surface area (Å²) in [4.78, 5) is 44.1. The van der Waals surface area contributed by atoms with Crippen LogP contribution in [0.4, 0.5) is 0 Å². The van der Waals surface area contributed by atoms with E-state index in [0.29, 0.717) is 32.2 Å². The molecule has 8 nitrogen and oxygen atoms in total. The second-order valence-electron chi connectivity index (χ2n) is 13.4. The molecule has 2 N–H and O–H groups in total. The molecule has 2 saturated carbocycles. The molecule has 0 aromatic rings. The minimum absolute atomic E-state index is 0.00872. The standard InChI is InChI=1S/C29H48N4O4/c1-20(37-16-21-10-6-4-7-11-21)24(27(36)32-12-8-5-9-13-32)31-25(34)23-15-30-17-29(23)18-33(19-29)26(35)22-14-28(22,2)3/h20-24,30H,4-19H2,1-3H3,(H,31,34)/t20-,22-,23+,24+/m1/s1. The zero-order valence-electron chi connectivity index (χ0n) is 23.2. The van der Waals surface area contributed by atoms with Gasteiger partial charge in [0.1, 0.15) is 6.04 Å². The topological polar surface area (TPSA) is 91.0 Å². The number of nitrogens with zero attached hydrogens (tertiary/aromatic N) is 2. The highest BCUT2D eigenvalue weighted by molar-refractivity contribution is 5.90. The first-order chi connectivity index (χ1) is 17.7. The first-order valence-electron chi connectivity index (χ1n) is 14.9. The molecule has 8 heteroatoms. The van der Waals surface area contributed by atoms with Gasteiger partial charge in [-0.1, -0.05) is 33.1 Å². The Bertz CT molecular complexity index is 858.